The molecule has 0 saturated heterocycles. The first kappa shape index (κ1) is 9.71. The Morgan fingerprint density at radius 2 is 2.50 bits per heavy atom. The summed E-state index contributed by atoms with van der Waals surface area (Å²) in [6.45, 7) is 3.31. The van der Waals surface area contributed by atoms with Crippen LogP contribution in [0.1, 0.15) is 38.2 Å². The molecule has 0 radical (unpaired) electrons. The molecular weight excluding hydrogens is 174 g/mol. The lowest BCUT2D eigenvalue weighted by Crippen LogP contribution is -2.32. The minimum Gasteiger partial charge on any atom is -0.310 e. The fourth-order valence-corrected chi connectivity index (χ4v) is 2.26. The van der Waals surface area contributed by atoms with Crippen LogP contribution in [0.5, 0.6) is 0 Å². The fraction of sp³-hybridized carbons (Fsp3) is 0.727. The summed E-state index contributed by atoms with van der Waals surface area (Å²) < 4.78 is 0. The highest BCUT2D eigenvalue weighted by molar-refractivity contribution is 5.01. The van der Waals surface area contributed by atoms with E-state index in [1.54, 1.807) is 0 Å². The maximum atomic E-state index is 3.94. The van der Waals surface area contributed by atoms with E-state index < -0.39 is 0 Å². The van der Waals surface area contributed by atoms with Gasteiger partial charge in [-0.05, 0) is 18.8 Å². The third-order valence-corrected chi connectivity index (χ3v) is 3.09. The summed E-state index contributed by atoms with van der Waals surface area (Å²) in [4.78, 5) is 0. The Morgan fingerprint density at radius 3 is 3.21 bits per heavy atom. The molecule has 2 N–H and O–H groups in total. The van der Waals surface area contributed by atoms with Gasteiger partial charge in [0.05, 0.1) is 6.20 Å². The van der Waals surface area contributed by atoms with Gasteiger partial charge in [0.15, 0.2) is 0 Å². The molecule has 1 aliphatic rings. The van der Waals surface area contributed by atoms with Crippen molar-refractivity contribution in [1.29, 1.82) is 0 Å². The van der Waals surface area contributed by atoms with Gasteiger partial charge in [-0.2, -0.15) is 5.10 Å². The second-order valence-corrected chi connectivity index (χ2v) is 4.46. The van der Waals surface area contributed by atoms with Gasteiger partial charge in [-0.3, -0.25) is 5.10 Å². The van der Waals surface area contributed by atoms with Crippen LogP contribution >= 0.6 is 0 Å². The maximum absolute atomic E-state index is 3.94. The molecule has 0 aromatic carbocycles. The number of rotatable bonds is 3. The Labute approximate surface area is 85.3 Å². The van der Waals surface area contributed by atoms with E-state index in [-0.39, 0.29) is 0 Å². The molecule has 0 bridgehead atoms. The maximum Gasteiger partial charge on any atom is 0.0532 e. The predicted molar refractivity (Wildman–Crippen MR) is 56.8 cm³/mol. The van der Waals surface area contributed by atoms with Gasteiger partial charge in [0.2, 0.25) is 0 Å². The highest BCUT2D eigenvalue weighted by Gasteiger charge is 2.17. The summed E-state index contributed by atoms with van der Waals surface area (Å²) in [6, 6.07) is 0.716. The second kappa shape index (κ2) is 4.60. The lowest BCUT2D eigenvalue weighted by molar-refractivity contribution is 0.300. The minimum absolute atomic E-state index is 0.716. The molecule has 2 rings (SSSR count). The molecule has 1 aliphatic carbocycles. The number of H-pyrrole nitrogens is 1. The average molecular weight is 193 g/mol. The zero-order chi connectivity index (χ0) is 9.80. The number of hydrogen-bond acceptors (Lipinski definition) is 2. The molecule has 0 spiro atoms. The lowest BCUT2D eigenvalue weighted by Gasteiger charge is -2.27. The first-order valence-corrected chi connectivity index (χ1v) is 5.55. The van der Waals surface area contributed by atoms with Gasteiger partial charge in [0.25, 0.3) is 0 Å². The first-order chi connectivity index (χ1) is 6.84. The summed E-state index contributed by atoms with van der Waals surface area (Å²) in [5, 5.41) is 10.4. The van der Waals surface area contributed by atoms with E-state index in [1.807, 2.05) is 12.4 Å². The van der Waals surface area contributed by atoms with Gasteiger partial charge >= 0.3 is 0 Å². The molecule has 1 fully saturated rings. The molecule has 1 aromatic rings. The van der Waals surface area contributed by atoms with E-state index in [2.05, 4.69) is 22.4 Å². The van der Waals surface area contributed by atoms with Crippen LogP contribution in [-0.4, -0.2) is 16.2 Å². The quantitative estimate of drug-likeness (QED) is 0.771. The molecule has 1 saturated carbocycles. The van der Waals surface area contributed by atoms with Crippen molar-refractivity contribution in [3.63, 3.8) is 0 Å². The summed E-state index contributed by atoms with van der Waals surface area (Å²) in [5.74, 6) is 0.894. The smallest absolute Gasteiger partial charge is 0.0532 e. The van der Waals surface area contributed by atoms with E-state index >= 15 is 0 Å². The molecule has 78 valence electrons. The van der Waals surface area contributed by atoms with Crippen molar-refractivity contribution in [2.24, 2.45) is 5.92 Å². The second-order valence-electron chi connectivity index (χ2n) is 4.46. The third-order valence-electron chi connectivity index (χ3n) is 3.09. The first-order valence-electron chi connectivity index (χ1n) is 5.55. The van der Waals surface area contributed by atoms with E-state index in [0.717, 1.165) is 12.5 Å². The molecule has 14 heavy (non-hydrogen) atoms. The van der Waals surface area contributed by atoms with Crippen molar-refractivity contribution >= 4 is 0 Å². The monoisotopic (exact) mass is 193 g/mol. The number of nitrogens with one attached hydrogen (secondary N) is 2. The molecule has 3 nitrogen and oxygen atoms in total. The largest absolute Gasteiger partial charge is 0.310 e. The van der Waals surface area contributed by atoms with Gasteiger partial charge in [-0.15, -0.1) is 0 Å². The summed E-state index contributed by atoms with van der Waals surface area (Å²) in [6.07, 6.45) is 9.30. The third kappa shape index (κ3) is 2.58. The lowest BCUT2D eigenvalue weighted by atomic mass is 9.87. The summed E-state index contributed by atoms with van der Waals surface area (Å²) in [5.41, 5.74) is 1.25. The van der Waals surface area contributed by atoms with Crippen LogP contribution in [0.2, 0.25) is 0 Å². The topological polar surface area (TPSA) is 40.7 Å². The molecule has 2 atom stereocenters. The molecule has 1 heterocycles. The zero-order valence-corrected chi connectivity index (χ0v) is 8.79. The van der Waals surface area contributed by atoms with Crippen molar-refractivity contribution in [2.75, 3.05) is 0 Å². The van der Waals surface area contributed by atoms with E-state index in [4.69, 9.17) is 0 Å². The Kier molecular flexibility index (Phi) is 3.19. The highest BCUT2D eigenvalue weighted by atomic mass is 15.1. The van der Waals surface area contributed by atoms with E-state index in [0.29, 0.717) is 6.04 Å². The van der Waals surface area contributed by atoms with Gasteiger partial charge in [0.1, 0.15) is 0 Å². The van der Waals surface area contributed by atoms with Crippen LogP contribution < -0.4 is 5.32 Å². The highest BCUT2D eigenvalue weighted by Crippen LogP contribution is 2.23. The standard InChI is InChI=1S/C11H19N3/c1-9-3-2-4-11(5-9)12-6-10-7-13-14-8-10/h7-9,11-12H,2-6H2,1H3,(H,13,14). The number of aromatic amines is 1. The van der Waals surface area contributed by atoms with Gasteiger partial charge in [0, 0.05) is 24.3 Å². The molecule has 1 aromatic heterocycles. The number of hydrogen-bond donors (Lipinski definition) is 2. The summed E-state index contributed by atoms with van der Waals surface area (Å²) >= 11 is 0. The van der Waals surface area contributed by atoms with Crippen LogP contribution in [0.4, 0.5) is 0 Å². The molecule has 3 heteroatoms. The Balaban J connectivity index is 1.75. The number of nitrogens with zero attached hydrogens (tertiary/aromatic N) is 1. The van der Waals surface area contributed by atoms with Crippen molar-refractivity contribution < 1.29 is 0 Å². The Hall–Kier alpha value is -0.830. The van der Waals surface area contributed by atoms with Crippen molar-refractivity contribution in [2.45, 2.75) is 45.2 Å². The normalized spacial score (nSPS) is 27.8. The van der Waals surface area contributed by atoms with Crippen molar-refractivity contribution in [1.82, 2.24) is 15.5 Å². The molecular formula is C11H19N3. The minimum atomic E-state index is 0.716. The van der Waals surface area contributed by atoms with Crippen LogP contribution in [0.3, 0.4) is 0 Å². The van der Waals surface area contributed by atoms with Gasteiger partial charge in [-0.25, -0.2) is 0 Å². The van der Waals surface area contributed by atoms with Crippen molar-refractivity contribution in [3.05, 3.63) is 18.0 Å². The Bertz CT molecular complexity index is 256. The van der Waals surface area contributed by atoms with Gasteiger partial charge in [-0.1, -0.05) is 19.8 Å². The Morgan fingerprint density at radius 1 is 1.57 bits per heavy atom. The SMILES string of the molecule is CC1CCCC(NCc2cn[nH]c2)C1. The van der Waals surface area contributed by atoms with Gasteiger partial charge < -0.3 is 5.32 Å². The molecule has 2 unspecified atom stereocenters. The molecule has 0 amide bonds. The van der Waals surface area contributed by atoms with E-state index in [9.17, 15) is 0 Å². The van der Waals surface area contributed by atoms with Crippen LogP contribution in [0.25, 0.3) is 0 Å². The summed E-state index contributed by atoms with van der Waals surface area (Å²) in [7, 11) is 0. The fourth-order valence-electron chi connectivity index (χ4n) is 2.26. The number of aromatic nitrogens is 2. The van der Waals surface area contributed by atoms with Crippen molar-refractivity contribution in [3.8, 4) is 0 Å². The predicted octanol–water partition coefficient (Wildman–Crippen LogP) is 2.08. The average Bonchev–Trinajstić information content (AvgIpc) is 2.67. The van der Waals surface area contributed by atoms with Crippen LogP contribution in [0.15, 0.2) is 12.4 Å². The zero-order valence-electron chi connectivity index (χ0n) is 8.79. The van der Waals surface area contributed by atoms with E-state index in [1.165, 1.54) is 31.2 Å². The molecule has 0 aliphatic heterocycles. The van der Waals surface area contributed by atoms with Crippen LogP contribution in [0, 0.1) is 5.92 Å². The van der Waals surface area contributed by atoms with Crippen LogP contribution in [-0.2, 0) is 6.54 Å².